The highest BCUT2D eigenvalue weighted by molar-refractivity contribution is 7.92. The van der Waals surface area contributed by atoms with Crippen molar-refractivity contribution in [1.29, 1.82) is 0 Å². The van der Waals surface area contributed by atoms with Crippen molar-refractivity contribution in [3.63, 3.8) is 0 Å². The number of carbonyl (C=O) groups excluding carboxylic acids is 1. The van der Waals surface area contributed by atoms with Gasteiger partial charge in [0.2, 0.25) is 5.95 Å². The first-order chi connectivity index (χ1) is 15.9. The van der Waals surface area contributed by atoms with E-state index >= 15 is 0 Å². The third-order valence-corrected chi connectivity index (χ3v) is 5.68. The fourth-order valence-corrected chi connectivity index (χ4v) is 3.68. The normalized spacial score (nSPS) is 11.4. The Kier molecular flexibility index (Phi) is 6.22. The first-order valence-electron chi connectivity index (χ1n) is 9.50. The van der Waals surface area contributed by atoms with E-state index in [2.05, 4.69) is 25.2 Å². The van der Waals surface area contributed by atoms with Gasteiger partial charge in [-0.05, 0) is 66.7 Å². The van der Waals surface area contributed by atoms with Crippen molar-refractivity contribution < 1.29 is 22.0 Å². The van der Waals surface area contributed by atoms with Crippen LogP contribution in [0.1, 0.15) is 16.1 Å². The maximum Gasteiger partial charge on any atom is 0.271 e. The number of furan rings is 1. The largest absolute Gasteiger partial charge is 0.455 e. The number of sulfonamides is 1. The molecule has 9 nitrogen and oxygen atoms in total. The summed E-state index contributed by atoms with van der Waals surface area (Å²) < 4.78 is 45.8. The summed E-state index contributed by atoms with van der Waals surface area (Å²) in [4.78, 5) is 19.7. The van der Waals surface area contributed by atoms with Crippen molar-refractivity contribution >= 4 is 28.1 Å². The molecule has 33 heavy (non-hydrogen) atoms. The average molecular weight is 465 g/mol. The number of nitrogens with zero attached hydrogens (tertiary/aromatic N) is 3. The summed E-state index contributed by atoms with van der Waals surface area (Å²) in [6.45, 7) is 0. The molecule has 166 valence electrons. The summed E-state index contributed by atoms with van der Waals surface area (Å²) in [5, 5.41) is 3.82. The molecule has 11 heteroatoms. The second-order valence-electron chi connectivity index (χ2n) is 6.61. The van der Waals surface area contributed by atoms with Gasteiger partial charge >= 0.3 is 0 Å². The number of halogens is 1. The number of carbonyl (C=O) groups is 1. The highest BCUT2D eigenvalue weighted by Gasteiger charge is 2.16. The van der Waals surface area contributed by atoms with Gasteiger partial charge in [-0.15, -0.1) is 0 Å². The molecule has 0 saturated heterocycles. The Hall–Kier alpha value is -4.38. The molecule has 2 aromatic carbocycles. The highest BCUT2D eigenvalue weighted by atomic mass is 32.2. The van der Waals surface area contributed by atoms with Gasteiger partial charge in [-0.3, -0.25) is 4.79 Å². The number of aromatic nitrogens is 2. The van der Waals surface area contributed by atoms with Gasteiger partial charge < -0.3 is 4.42 Å². The van der Waals surface area contributed by atoms with Crippen LogP contribution in [-0.2, 0) is 10.0 Å². The minimum Gasteiger partial charge on any atom is -0.455 e. The van der Waals surface area contributed by atoms with Crippen LogP contribution in [0.5, 0.6) is 0 Å². The van der Waals surface area contributed by atoms with Crippen molar-refractivity contribution in [2.45, 2.75) is 4.90 Å². The molecule has 0 unspecified atom stereocenters. The smallest absolute Gasteiger partial charge is 0.271 e. The third-order valence-electron chi connectivity index (χ3n) is 4.33. The Morgan fingerprint density at radius 3 is 2.36 bits per heavy atom. The lowest BCUT2D eigenvalue weighted by Gasteiger charge is -2.06. The molecule has 2 N–H and O–H groups in total. The molecule has 0 atom stereocenters. The van der Waals surface area contributed by atoms with Gasteiger partial charge in [0.25, 0.3) is 15.9 Å². The van der Waals surface area contributed by atoms with Gasteiger partial charge in [0.15, 0.2) is 0 Å². The number of benzene rings is 2. The van der Waals surface area contributed by atoms with Crippen LogP contribution in [0.4, 0.5) is 10.3 Å². The van der Waals surface area contributed by atoms with Gasteiger partial charge in [0.05, 0.1) is 11.1 Å². The molecule has 0 radical (unpaired) electrons. The lowest BCUT2D eigenvalue weighted by Crippen LogP contribution is -2.17. The topological polar surface area (TPSA) is 127 Å². The van der Waals surface area contributed by atoms with Gasteiger partial charge in [-0.25, -0.2) is 32.9 Å². The van der Waals surface area contributed by atoms with Crippen LogP contribution in [0.3, 0.4) is 0 Å². The SMILES string of the molecule is O=C(NN=Cc1ccc(-c2ccc(S(=O)(=O)Nc3ncccn3)cc2)o1)c1ccc(F)cc1. The monoisotopic (exact) mass is 465 g/mol. The van der Waals surface area contributed by atoms with E-state index in [9.17, 15) is 17.6 Å². The Bertz CT molecular complexity index is 1390. The van der Waals surface area contributed by atoms with E-state index < -0.39 is 21.7 Å². The zero-order valence-corrected chi connectivity index (χ0v) is 17.7. The maximum absolute atomic E-state index is 12.9. The Morgan fingerprint density at radius 1 is 0.970 bits per heavy atom. The molecule has 0 saturated carbocycles. The van der Waals surface area contributed by atoms with Crippen LogP contribution in [0.15, 0.2) is 93.5 Å². The van der Waals surface area contributed by atoms with Crippen molar-refractivity contribution in [2.75, 3.05) is 4.72 Å². The van der Waals surface area contributed by atoms with E-state index in [4.69, 9.17) is 4.42 Å². The first-order valence-corrected chi connectivity index (χ1v) is 11.0. The molecule has 0 aliphatic carbocycles. The van der Waals surface area contributed by atoms with E-state index in [1.165, 1.54) is 55.0 Å². The Morgan fingerprint density at radius 2 is 1.67 bits per heavy atom. The van der Waals surface area contributed by atoms with Crippen molar-refractivity contribution in [1.82, 2.24) is 15.4 Å². The zero-order chi connectivity index (χ0) is 23.3. The summed E-state index contributed by atoms with van der Waals surface area (Å²) in [6.07, 6.45) is 4.17. The molecular formula is C22H16FN5O4S. The number of amides is 1. The quantitative estimate of drug-likeness (QED) is 0.318. The summed E-state index contributed by atoms with van der Waals surface area (Å²) in [6, 6.07) is 16.0. The second-order valence-corrected chi connectivity index (χ2v) is 8.29. The molecule has 0 fully saturated rings. The molecular weight excluding hydrogens is 449 g/mol. The molecule has 0 aliphatic rings. The average Bonchev–Trinajstić information content (AvgIpc) is 3.29. The standard InChI is InChI=1S/C22H16FN5O4S/c23-17-6-2-16(3-7-17)21(29)27-26-14-18-8-11-20(32-18)15-4-9-19(10-5-15)33(30,31)28-22-24-12-1-13-25-22/h1-14H,(H,27,29)(H,24,25,28). The van der Waals surface area contributed by atoms with Gasteiger partial charge in [-0.2, -0.15) is 5.10 Å². The van der Waals surface area contributed by atoms with E-state index in [0.717, 1.165) is 0 Å². The molecule has 4 aromatic rings. The Labute approximate surface area is 188 Å². The minimum absolute atomic E-state index is 0.0249. The van der Waals surface area contributed by atoms with Crippen LogP contribution in [0.2, 0.25) is 0 Å². The van der Waals surface area contributed by atoms with Gasteiger partial charge in [0.1, 0.15) is 17.3 Å². The fourth-order valence-electron chi connectivity index (χ4n) is 2.73. The molecule has 2 aromatic heterocycles. The highest BCUT2D eigenvalue weighted by Crippen LogP contribution is 2.24. The molecule has 0 spiro atoms. The minimum atomic E-state index is -3.84. The van der Waals surface area contributed by atoms with E-state index in [-0.39, 0.29) is 16.4 Å². The summed E-state index contributed by atoms with van der Waals surface area (Å²) in [5.41, 5.74) is 3.22. The van der Waals surface area contributed by atoms with E-state index in [1.807, 2.05) is 0 Å². The lowest BCUT2D eigenvalue weighted by molar-refractivity contribution is 0.0955. The molecule has 0 aliphatic heterocycles. The van der Waals surface area contributed by atoms with Crippen molar-refractivity contribution in [3.8, 4) is 11.3 Å². The third kappa shape index (κ3) is 5.46. The maximum atomic E-state index is 12.9. The summed E-state index contributed by atoms with van der Waals surface area (Å²) in [5.74, 6) is -0.119. The predicted octanol–water partition coefficient (Wildman–Crippen LogP) is 3.44. The van der Waals surface area contributed by atoms with Crippen LogP contribution in [0, 0.1) is 5.82 Å². The van der Waals surface area contributed by atoms with Crippen molar-refractivity contribution in [2.24, 2.45) is 5.10 Å². The van der Waals surface area contributed by atoms with Crippen LogP contribution in [0.25, 0.3) is 11.3 Å². The van der Waals surface area contributed by atoms with Crippen LogP contribution >= 0.6 is 0 Å². The second kappa shape index (κ2) is 9.40. The van der Waals surface area contributed by atoms with Crippen molar-refractivity contribution in [3.05, 3.63) is 96.3 Å². The number of rotatable bonds is 7. The molecule has 0 bridgehead atoms. The number of hydrazone groups is 1. The van der Waals surface area contributed by atoms with E-state index in [1.54, 1.807) is 30.3 Å². The van der Waals surface area contributed by atoms with Crippen LogP contribution in [-0.4, -0.2) is 30.5 Å². The molecule has 1 amide bonds. The Balaban J connectivity index is 1.40. The zero-order valence-electron chi connectivity index (χ0n) is 16.8. The summed E-state index contributed by atoms with van der Waals surface area (Å²) >= 11 is 0. The van der Waals surface area contributed by atoms with Crippen LogP contribution < -0.4 is 10.1 Å². The number of nitrogens with one attached hydrogen (secondary N) is 2. The number of anilines is 1. The summed E-state index contributed by atoms with van der Waals surface area (Å²) in [7, 11) is -3.84. The first kappa shape index (κ1) is 21.8. The lowest BCUT2D eigenvalue weighted by atomic mass is 10.2. The van der Waals surface area contributed by atoms with E-state index in [0.29, 0.717) is 17.1 Å². The molecule has 2 heterocycles. The number of hydrogen-bond acceptors (Lipinski definition) is 7. The van der Waals surface area contributed by atoms with Gasteiger partial charge in [0, 0.05) is 23.5 Å². The molecule has 4 rings (SSSR count). The predicted molar refractivity (Wildman–Crippen MR) is 118 cm³/mol. The van der Waals surface area contributed by atoms with Gasteiger partial charge in [-0.1, -0.05) is 0 Å². The fraction of sp³-hybridized carbons (Fsp3) is 0. The number of hydrogen-bond donors (Lipinski definition) is 2.